The second kappa shape index (κ2) is 6.60. The van der Waals surface area contributed by atoms with Gasteiger partial charge in [0.2, 0.25) is 0 Å². The molecule has 4 N–H and O–H groups in total. The SMILES string of the molecule is COc1ccc(C(=O)NCC[C@H](O)C(=O)O)cc1O. The largest absolute Gasteiger partial charge is 0.504 e. The summed E-state index contributed by atoms with van der Waals surface area (Å²) in [5, 5.41) is 29.4. The highest BCUT2D eigenvalue weighted by Gasteiger charge is 2.14. The maximum Gasteiger partial charge on any atom is 0.332 e. The summed E-state index contributed by atoms with van der Waals surface area (Å²) in [6, 6.07) is 4.14. The van der Waals surface area contributed by atoms with Crippen molar-refractivity contribution in [2.75, 3.05) is 13.7 Å². The molecule has 0 bridgehead atoms. The van der Waals surface area contributed by atoms with Crippen molar-refractivity contribution < 1.29 is 29.6 Å². The fraction of sp³-hybridized carbons (Fsp3) is 0.333. The van der Waals surface area contributed by atoms with Gasteiger partial charge in [0.05, 0.1) is 7.11 Å². The van der Waals surface area contributed by atoms with E-state index in [4.69, 9.17) is 14.9 Å². The van der Waals surface area contributed by atoms with Crippen molar-refractivity contribution in [1.29, 1.82) is 0 Å². The molecule has 0 saturated heterocycles. The molecule has 19 heavy (non-hydrogen) atoms. The number of methoxy groups -OCH3 is 1. The van der Waals surface area contributed by atoms with Gasteiger partial charge in [0, 0.05) is 18.5 Å². The summed E-state index contributed by atoms with van der Waals surface area (Å²) < 4.78 is 4.84. The number of amides is 1. The highest BCUT2D eigenvalue weighted by molar-refractivity contribution is 5.94. The molecule has 0 radical (unpaired) electrons. The lowest BCUT2D eigenvalue weighted by Gasteiger charge is -2.08. The van der Waals surface area contributed by atoms with E-state index >= 15 is 0 Å². The van der Waals surface area contributed by atoms with Crippen molar-refractivity contribution >= 4 is 11.9 Å². The summed E-state index contributed by atoms with van der Waals surface area (Å²) in [5.74, 6) is -1.73. The Morgan fingerprint density at radius 1 is 1.42 bits per heavy atom. The zero-order valence-corrected chi connectivity index (χ0v) is 10.3. The first-order valence-corrected chi connectivity index (χ1v) is 5.51. The number of ether oxygens (including phenoxy) is 1. The Morgan fingerprint density at radius 2 is 2.11 bits per heavy atom. The summed E-state index contributed by atoms with van der Waals surface area (Å²) in [6.07, 6.45) is -1.60. The van der Waals surface area contributed by atoms with Gasteiger partial charge in [-0.15, -0.1) is 0 Å². The van der Waals surface area contributed by atoms with Crippen molar-refractivity contribution in [3.8, 4) is 11.5 Å². The Labute approximate surface area is 109 Å². The number of benzene rings is 1. The summed E-state index contributed by atoms with van der Waals surface area (Å²) in [4.78, 5) is 22.0. The highest BCUT2D eigenvalue weighted by Crippen LogP contribution is 2.25. The Bertz CT molecular complexity index is 473. The maximum absolute atomic E-state index is 11.7. The minimum Gasteiger partial charge on any atom is -0.504 e. The summed E-state index contributed by atoms with van der Waals surface area (Å²) in [5.41, 5.74) is 0.211. The minimum atomic E-state index is -1.51. The second-order valence-corrected chi connectivity index (χ2v) is 3.79. The molecule has 7 nitrogen and oxygen atoms in total. The standard InChI is InChI=1S/C12H15NO6/c1-19-10-3-2-7(6-9(10)15)11(16)13-5-4-8(14)12(17)18/h2-3,6,8,14-15H,4-5H2,1H3,(H,13,16)(H,17,18)/t8-/m0/s1. The number of rotatable bonds is 6. The summed E-state index contributed by atoms with van der Waals surface area (Å²) in [7, 11) is 1.39. The van der Waals surface area contributed by atoms with E-state index in [2.05, 4.69) is 5.32 Å². The van der Waals surface area contributed by atoms with Crippen LogP contribution in [0.3, 0.4) is 0 Å². The average Bonchev–Trinajstić information content (AvgIpc) is 2.38. The number of aromatic hydroxyl groups is 1. The number of phenols is 1. The quantitative estimate of drug-likeness (QED) is 0.576. The van der Waals surface area contributed by atoms with Gasteiger partial charge in [-0.1, -0.05) is 0 Å². The molecule has 0 spiro atoms. The summed E-state index contributed by atoms with van der Waals surface area (Å²) in [6.45, 7) is 0.0130. The van der Waals surface area contributed by atoms with E-state index in [9.17, 15) is 14.7 Å². The first-order chi connectivity index (χ1) is 8.95. The van der Waals surface area contributed by atoms with Crippen LogP contribution in [0.15, 0.2) is 18.2 Å². The Kier molecular flexibility index (Phi) is 5.13. The van der Waals surface area contributed by atoms with Crippen LogP contribution in [0, 0.1) is 0 Å². The monoisotopic (exact) mass is 269 g/mol. The number of carboxylic acid groups (broad SMARTS) is 1. The lowest BCUT2D eigenvalue weighted by atomic mass is 10.2. The predicted octanol–water partition coefficient (Wildman–Crippen LogP) is -0.0338. The van der Waals surface area contributed by atoms with Crippen LogP contribution in [0.4, 0.5) is 0 Å². The van der Waals surface area contributed by atoms with Gasteiger partial charge in [0.15, 0.2) is 17.6 Å². The van der Waals surface area contributed by atoms with Crippen molar-refractivity contribution in [2.45, 2.75) is 12.5 Å². The number of carbonyl (C=O) groups excluding carboxylic acids is 1. The van der Waals surface area contributed by atoms with Crippen molar-refractivity contribution in [3.63, 3.8) is 0 Å². The van der Waals surface area contributed by atoms with E-state index in [0.717, 1.165) is 0 Å². The third-order valence-electron chi connectivity index (χ3n) is 2.43. The average molecular weight is 269 g/mol. The lowest BCUT2D eigenvalue weighted by molar-refractivity contribution is -0.146. The van der Waals surface area contributed by atoms with Crippen LogP contribution in [0.2, 0.25) is 0 Å². The van der Waals surface area contributed by atoms with Crippen LogP contribution in [-0.4, -0.2) is 47.0 Å². The van der Waals surface area contributed by atoms with Crippen LogP contribution in [0.1, 0.15) is 16.8 Å². The molecule has 0 aliphatic rings. The number of carboxylic acids is 1. The topological polar surface area (TPSA) is 116 Å². The number of nitrogens with one attached hydrogen (secondary N) is 1. The maximum atomic E-state index is 11.7. The molecule has 0 saturated carbocycles. The van der Waals surface area contributed by atoms with Crippen LogP contribution >= 0.6 is 0 Å². The summed E-state index contributed by atoms with van der Waals surface area (Å²) >= 11 is 0. The first kappa shape index (κ1) is 14.8. The smallest absolute Gasteiger partial charge is 0.332 e. The van der Waals surface area contributed by atoms with Crippen LogP contribution in [0.25, 0.3) is 0 Å². The molecule has 0 fully saturated rings. The van der Waals surface area contributed by atoms with Gasteiger partial charge in [-0.2, -0.15) is 0 Å². The lowest BCUT2D eigenvalue weighted by Crippen LogP contribution is -2.30. The molecule has 104 valence electrons. The van der Waals surface area contributed by atoms with Crippen molar-refractivity contribution in [1.82, 2.24) is 5.32 Å². The number of hydrogen-bond acceptors (Lipinski definition) is 5. The minimum absolute atomic E-state index is 0.0130. The van der Waals surface area contributed by atoms with E-state index in [0.29, 0.717) is 0 Å². The van der Waals surface area contributed by atoms with Gasteiger partial charge in [0.25, 0.3) is 5.91 Å². The van der Waals surface area contributed by atoms with Crippen molar-refractivity contribution in [2.24, 2.45) is 0 Å². The van der Waals surface area contributed by atoms with Crippen LogP contribution in [-0.2, 0) is 4.79 Å². The highest BCUT2D eigenvalue weighted by atomic mass is 16.5. The predicted molar refractivity (Wildman–Crippen MR) is 65.3 cm³/mol. The molecular weight excluding hydrogens is 254 g/mol. The number of carbonyl (C=O) groups is 2. The molecule has 7 heteroatoms. The number of aliphatic hydroxyl groups excluding tert-OH is 1. The molecule has 1 rings (SSSR count). The van der Waals surface area contributed by atoms with Gasteiger partial charge in [-0.25, -0.2) is 4.79 Å². The van der Waals surface area contributed by atoms with Gasteiger partial charge in [-0.05, 0) is 18.2 Å². The van der Waals surface area contributed by atoms with Gasteiger partial charge in [0.1, 0.15) is 0 Å². The molecule has 0 aliphatic carbocycles. The first-order valence-electron chi connectivity index (χ1n) is 5.51. The molecule has 1 aromatic rings. The second-order valence-electron chi connectivity index (χ2n) is 3.79. The van der Waals surface area contributed by atoms with Crippen molar-refractivity contribution in [3.05, 3.63) is 23.8 Å². The Morgan fingerprint density at radius 3 is 2.63 bits per heavy atom. The van der Waals surface area contributed by atoms with Gasteiger partial charge < -0.3 is 25.4 Å². The molecule has 0 aliphatic heterocycles. The van der Waals surface area contributed by atoms with E-state index in [-0.39, 0.29) is 30.0 Å². The van der Waals surface area contributed by atoms with E-state index in [1.165, 1.54) is 25.3 Å². The number of hydrogen-bond donors (Lipinski definition) is 4. The zero-order chi connectivity index (χ0) is 14.4. The third kappa shape index (κ3) is 4.14. The van der Waals surface area contributed by atoms with Gasteiger partial charge >= 0.3 is 5.97 Å². The molecule has 1 atom stereocenters. The Balaban J connectivity index is 2.54. The van der Waals surface area contributed by atoms with E-state index in [1.54, 1.807) is 0 Å². The number of phenolic OH excluding ortho intramolecular Hbond substituents is 1. The Hall–Kier alpha value is -2.28. The number of aliphatic carboxylic acids is 1. The van der Waals surface area contributed by atoms with Crippen LogP contribution in [0.5, 0.6) is 11.5 Å². The molecule has 0 aromatic heterocycles. The number of aliphatic hydroxyl groups is 1. The molecule has 1 amide bonds. The van der Waals surface area contributed by atoms with E-state index < -0.39 is 18.0 Å². The van der Waals surface area contributed by atoms with Gasteiger partial charge in [-0.3, -0.25) is 4.79 Å². The third-order valence-corrected chi connectivity index (χ3v) is 2.43. The molecule has 1 aromatic carbocycles. The molecule has 0 heterocycles. The van der Waals surface area contributed by atoms with E-state index in [1.807, 2.05) is 0 Å². The fourth-order valence-corrected chi connectivity index (χ4v) is 1.38. The van der Waals surface area contributed by atoms with Crippen LogP contribution < -0.4 is 10.1 Å². The zero-order valence-electron chi connectivity index (χ0n) is 10.3. The normalized spacial score (nSPS) is 11.7. The fourth-order valence-electron chi connectivity index (χ4n) is 1.38. The molecule has 0 unspecified atom stereocenters. The molecular formula is C12H15NO6.